The van der Waals surface area contributed by atoms with Gasteiger partial charge in [0.05, 0.1) is 18.8 Å². The van der Waals surface area contributed by atoms with Gasteiger partial charge in [0.15, 0.2) is 5.89 Å². The number of rotatable bonds is 5. The number of nitrogens with zero attached hydrogens (tertiary/aromatic N) is 1. The van der Waals surface area contributed by atoms with Gasteiger partial charge in [-0.25, -0.2) is 4.98 Å². The SMILES string of the molecule is Cc1nc(C)c(CNC(=O)CNC(=O)c2ccccc2)o1. The lowest BCUT2D eigenvalue weighted by atomic mass is 10.2. The highest BCUT2D eigenvalue weighted by atomic mass is 16.4. The normalized spacial score (nSPS) is 10.2. The van der Waals surface area contributed by atoms with Crippen molar-refractivity contribution in [1.29, 1.82) is 0 Å². The van der Waals surface area contributed by atoms with Crippen molar-refractivity contribution in [2.24, 2.45) is 0 Å². The molecule has 0 atom stereocenters. The van der Waals surface area contributed by atoms with Crippen LogP contribution in [0.25, 0.3) is 0 Å². The van der Waals surface area contributed by atoms with Crippen molar-refractivity contribution in [1.82, 2.24) is 15.6 Å². The predicted octanol–water partition coefficient (Wildman–Crippen LogP) is 1.34. The number of aryl methyl sites for hydroxylation is 2. The van der Waals surface area contributed by atoms with Crippen LogP contribution in [0.1, 0.15) is 27.7 Å². The second kappa shape index (κ2) is 6.69. The van der Waals surface area contributed by atoms with Crippen molar-refractivity contribution >= 4 is 11.8 Å². The van der Waals surface area contributed by atoms with Crippen LogP contribution in [0, 0.1) is 13.8 Å². The van der Waals surface area contributed by atoms with E-state index in [1.165, 1.54) is 0 Å². The molecule has 6 nitrogen and oxygen atoms in total. The van der Waals surface area contributed by atoms with Crippen molar-refractivity contribution in [2.75, 3.05) is 6.54 Å². The number of amides is 2. The Labute approximate surface area is 122 Å². The number of benzene rings is 1. The Morgan fingerprint density at radius 3 is 2.48 bits per heavy atom. The molecule has 0 bridgehead atoms. The summed E-state index contributed by atoms with van der Waals surface area (Å²) in [6.45, 7) is 3.74. The fraction of sp³-hybridized carbons (Fsp3) is 0.267. The lowest BCUT2D eigenvalue weighted by Gasteiger charge is -2.06. The molecule has 0 aliphatic carbocycles. The Balaban J connectivity index is 1.78. The molecule has 2 rings (SSSR count). The molecule has 1 aromatic carbocycles. The second-order valence-electron chi connectivity index (χ2n) is 4.57. The number of hydrogen-bond donors (Lipinski definition) is 2. The summed E-state index contributed by atoms with van der Waals surface area (Å²) in [7, 11) is 0. The maximum absolute atomic E-state index is 11.8. The lowest BCUT2D eigenvalue weighted by molar-refractivity contribution is -0.120. The van der Waals surface area contributed by atoms with Crippen LogP contribution in [0.3, 0.4) is 0 Å². The molecule has 110 valence electrons. The molecule has 2 amide bonds. The molecule has 2 aromatic rings. The molecule has 0 saturated carbocycles. The summed E-state index contributed by atoms with van der Waals surface area (Å²) in [5, 5.41) is 5.23. The van der Waals surface area contributed by atoms with Crippen molar-refractivity contribution < 1.29 is 14.0 Å². The van der Waals surface area contributed by atoms with E-state index in [-0.39, 0.29) is 24.9 Å². The maximum Gasteiger partial charge on any atom is 0.251 e. The summed E-state index contributed by atoms with van der Waals surface area (Å²) >= 11 is 0. The van der Waals surface area contributed by atoms with E-state index in [0.29, 0.717) is 17.2 Å². The topological polar surface area (TPSA) is 84.2 Å². The van der Waals surface area contributed by atoms with Crippen LogP contribution in [-0.4, -0.2) is 23.3 Å². The van der Waals surface area contributed by atoms with E-state index in [0.717, 1.165) is 5.69 Å². The van der Waals surface area contributed by atoms with Crippen molar-refractivity contribution in [3.05, 3.63) is 53.2 Å². The van der Waals surface area contributed by atoms with Crippen molar-refractivity contribution in [3.8, 4) is 0 Å². The van der Waals surface area contributed by atoms with Gasteiger partial charge in [-0.05, 0) is 19.1 Å². The Kier molecular flexibility index (Phi) is 4.71. The van der Waals surface area contributed by atoms with Gasteiger partial charge in [-0.3, -0.25) is 9.59 Å². The molecule has 0 radical (unpaired) electrons. The van der Waals surface area contributed by atoms with E-state index in [1.807, 2.05) is 13.0 Å². The zero-order valence-electron chi connectivity index (χ0n) is 12.0. The van der Waals surface area contributed by atoms with Crippen LogP contribution >= 0.6 is 0 Å². The summed E-state index contributed by atoms with van der Waals surface area (Å²) in [6, 6.07) is 8.74. The van der Waals surface area contributed by atoms with Crippen LogP contribution in [0.4, 0.5) is 0 Å². The molecule has 1 heterocycles. The second-order valence-corrected chi connectivity index (χ2v) is 4.57. The van der Waals surface area contributed by atoms with Crippen LogP contribution in [-0.2, 0) is 11.3 Å². The van der Waals surface area contributed by atoms with E-state index in [2.05, 4.69) is 15.6 Å². The first kappa shape index (κ1) is 14.8. The quantitative estimate of drug-likeness (QED) is 0.869. The standard InChI is InChI=1S/C15H17N3O3/c1-10-13(21-11(2)18-10)8-16-14(19)9-17-15(20)12-6-4-3-5-7-12/h3-7H,8-9H2,1-2H3,(H,16,19)(H,17,20). The van der Waals surface area contributed by atoms with Gasteiger partial charge in [-0.2, -0.15) is 0 Å². The third-order valence-electron chi connectivity index (χ3n) is 2.89. The number of carbonyl (C=O) groups excluding carboxylic acids is 2. The van der Waals surface area contributed by atoms with Gasteiger partial charge in [-0.15, -0.1) is 0 Å². The molecule has 2 N–H and O–H groups in total. The van der Waals surface area contributed by atoms with E-state index in [4.69, 9.17) is 4.42 Å². The molecule has 1 aromatic heterocycles. The molecule has 0 spiro atoms. The number of carbonyl (C=O) groups is 2. The summed E-state index contributed by atoms with van der Waals surface area (Å²) in [6.07, 6.45) is 0. The van der Waals surface area contributed by atoms with Gasteiger partial charge in [-0.1, -0.05) is 18.2 Å². The summed E-state index contributed by atoms with van der Waals surface area (Å²) in [5.41, 5.74) is 1.27. The molecular weight excluding hydrogens is 270 g/mol. The average Bonchev–Trinajstić information content (AvgIpc) is 2.81. The molecule has 0 fully saturated rings. The molecule has 6 heteroatoms. The van der Waals surface area contributed by atoms with E-state index < -0.39 is 0 Å². The van der Waals surface area contributed by atoms with Gasteiger partial charge < -0.3 is 15.1 Å². The number of aromatic nitrogens is 1. The van der Waals surface area contributed by atoms with Gasteiger partial charge in [0.25, 0.3) is 5.91 Å². The van der Waals surface area contributed by atoms with Gasteiger partial charge >= 0.3 is 0 Å². The van der Waals surface area contributed by atoms with Crippen LogP contribution in [0.5, 0.6) is 0 Å². The minimum absolute atomic E-state index is 0.0834. The first-order valence-electron chi connectivity index (χ1n) is 6.59. The summed E-state index contributed by atoms with van der Waals surface area (Å²) < 4.78 is 5.35. The summed E-state index contributed by atoms with van der Waals surface area (Å²) in [5.74, 6) is 0.620. The fourth-order valence-electron chi connectivity index (χ4n) is 1.83. The Hall–Kier alpha value is -2.63. The Morgan fingerprint density at radius 1 is 1.14 bits per heavy atom. The van der Waals surface area contributed by atoms with Crippen LogP contribution < -0.4 is 10.6 Å². The van der Waals surface area contributed by atoms with E-state index in [9.17, 15) is 9.59 Å². The molecule has 0 aliphatic rings. The molecular formula is C15H17N3O3. The Bertz CT molecular complexity index is 635. The minimum Gasteiger partial charge on any atom is -0.444 e. The highest BCUT2D eigenvalue weighted by Gasteiger charge is 2.10. The Morgan fingerprint density at radius 2 is 1.86 bits per heavy atom. The first-order chi connectivity index (χ1) is 10.1. The van der Waals surface area contributed by atoms with E-state index >= 15 is 0 Å². The van der Waals surface area contributed by atoms with Crippen LogP contribution in [0.2, 0.25) is 0 Å². The van der Waals surface area contributed by atoms with Gasteiger partial charge in [0, 0.05) is 12.5 Å². The lowest BCUT2D eigenvalue weighted by Crippen LogP contribution is -2.36. The van der Waals surface area contributed by atoms with Gasteiger partial charge in [0.2, 0.25) is 5.91 Å². The first-order valence-corrected chi connectivity index (χ1v) is 6.59. The zero-order chi connectivity index (χ0) is 15.2. The zero-order valence-corrected chi connectivity index (χ0v) is 12.0. The smallest absolute Gasteiger partial charge is 0.251 e. The highest BCUT2D eigenvalue weighted by molar-refractivity contribution is 5.96. The van der Waals surface area contributed by atoms with Gasteiger partial charge in [0.1, 0.15) is 5.76 Å². The predicted molar refractivity (Wildman–Crippen MR) is 76.6 cm³/mol. The van der Waals surface area contributed by atoms with Crippen molar-refractivity contribution in [2.45, 2.75) is 20.4 Å². The highest BCUT2D eigenvalue weighted by Crippen LogP contribution is 2.08. The third-order valence-corrected chi connectivity index (χ3v) is 2.89. The van der Waals surface area contributed by atoms with Crippen molar-refractivity contribution in [3.63, 3.8) is 0 Å². The van der Waals surface area contributed by atoms with E-state index in [1.54, 1.807) is 31.2 Å². The largest absolute Gasteiger partial charge is 0.444 e. The summed E-state index contributed by atoms with van der Waals surface area (Å²) in [4.78, 5) is 27.6. The van der Waals surface area contributed by atoms with Crippen LogP contribution in [0.15, 0.2) is 34.7 Å². The molecule has 21 heavy (non-hydrogen) atoms. The number of nitrogens with one attached hydrogen (secondary N) is 2. The number of oxazole rings is 1. The third kappa shape index (κ3) is 4.17. The average molecular weight is 287 g/mol. The minimum atomic E-state index is -0.285. The number of hydrogen-bond acceptors (Lipinski definition) is 4. The molecule has 0 unspecified atom stereocenters. The monoisotopic (exact) mass is 287 g/mol. The fourth-order valence-corrected chi connectivity index (χ4v) is 1.83. The molecule has 0 aliphatic heterocycles. The molecule has 0 saturated heterocycles. The maximum atomic E-state index is 11.8.